The fourth-order valence-electron chi connectivity index (χ4n) is 1.36. The van der Waals surface area contributed by atoms with E-state index in [2.05, 4.69) is 18.7 Å². The van der Waals surface area contributed by atoms with Crippen LogP contribution in [0.5, 0.6) is 0 Å². The van der Waals surface area contributed by atoms with Crippen LogP contribution in [0, 0.1) is 11.3 Å². The maximum atomic E-state index is 10.8. The van der Waals surface area contributed by atoms with Crippen molar-refractivity contribution in [3.05, 3.63) is 29.3 Å². The quantitative estimate of drug-likeness (QED) is 0.592. The van der Waals surface area contributed by atoms with Crippen LogP contribution in [0.2, 0.25) is 0 Å². The summed E-state index contributed by atoms with van der Waals surface area (Å²) in [6.07, 6.45) is 0.767. The number of aldehydes is 1. The third-order valence-corrected chi connectivity index (χ3v) is 3.42. The van der Waals surface area contributed by atoms with Gasteiger partial charge in [-0.25, -0.2) is 0 Å². The molecule has 0 bridgehead atoms. The molecule has 1 heterocycles. The summed E-state index contributed by atoms with van der Waals surface area (Å²) in [6, 6.07) is 7.46. The largest absolute Gasteiger partial charge is 0.298 e. The number of hydrogen-bond acceptors (Lipinski definition) is 4. The molecule has 4 heteroatoms. The van der Waals surface area contributed by atoms with E-state index in [0.717, 1.165) is 16.4 Å². The summed E-state index contributed by atoms with van der Waals surface area (Å²) in [5.41, 5.74) is 1.05. The van der Waals surface area contributed by atoms with Crippen LogP contribution >= 0.6 is 24.0 Å². The van der Waals surface area contributed by atoms with Crippen LogP contribution in [0.25, 0.3) is 10.1 Å². The number of hydrogen-bond donors (Lipinski definition) is 1. The van der Waals surface area contributed by atoms with E-state index in [1.807, 2.05) is 6.07 Å². The van der Waals surface area contributed by atoms with Gasteiger partial charge < -0.3 is 0 Å². The molecule has 0 radical (unpaired) electrons. The number of thiol groups is 1. The van der Waals surface area contributed by atoms with Gasteiger partial charge in [0.2, 0.25) is 0 Å². The van der Waals surface area contributed by atoms with Crippen LogP contribution in [-0.2, 0) is 0 Å². The summed E-state index contributed by atoms with van der Waals surface area (Å²) in [6.45, 7) is 0. The van der Waals surface area contributed by atoms with E-state index in [-0.39, 0.29) is 0 Å². The molecular weight excluding hydrogens is 214 g/mol. The van der Waals surface area contributed by atoms with Crippen molar-refractivity contribution in [2.45, 2.75) is 4.21 Å². The predicted octanol–water partition coefficient (Wildman–Crippen LogP) is 2.87. The zero-order chi connectivity index (χ0) is 10.1. The molecule has 0 saturated carbocycles. The van der Waals surface area contributed by atoms with Crippen LogP contribution < -0.4 is 0 Å². The summed E-state index contributed by atoms with van der Waals surface area (Å²) in [4.78, 5) is 10.8. The van der Waals surface area contributed by atoms with Crippen molar-refractivity contribution in [2.24, 2.45) is 0 Å². The van der Waals surface area contributed by atoms with Gasteiger partial charge in [-0.15, -0.1) is 24.0 Å². The highest BCUT2D eigenvalue weighted by Crippen LogP contribution is 2.34. The van der Waals surface area contributed by atoms with Crippen LogP contribution in [0.1, 0.15) is 15.9 Å². The molecule has 0 spiro atoms. The molecule has 2 nitrogen and oxygen atoms in total. The van der Waals surface area contributed by atoms with Crippen molar-refractivity contribution in [2.75, 3.05) is 0 Å². The molecule has 0 saturated heterocycles. The van der Waals surface area contributed by atoms with Gasteiger partial charge in [0.1, 0.15) is 6.07 Å². The Hall–Kier alpha value is -1.31. The van der Waals surface area contributed by atoms with Crippen molar-refractivity contribution >= 4 is 40.3 Å². The molecule has 0 fully saturated rings. The smallest absolute Gasteiger partial charge is 0.150 e. The summed E-state index contributed by atoms with van der Waals surface area (Å²) in [7, 11) is 0. The maximum Gasteiger partial charge on any atom is 0.150 e. The molecule has 2 aromatic rings. The lowest BCUT2D eigenvalue weighted by molar-refractivity contribution is 0.112. The first kappa shape index (κ1) is 9.25. The average molecular weight is 219 g/mol. The van der Waals surface area contributed by atoms with Gasteiger partial charge in [-0.1, -0.05) is 12.1 Å². The molecule has 0 unspecified atom stereocenters. The topological polar surface area (TPSA) is 40.9 Å². The Labute approximate surface area is 90.2 Å². The van der Waals surface area contributed by atoms with Crippen molar-refractivity contribution in [3.8, 4) is 6.07 Å². The van der Waals surface area contributed by atoms with Gasteiger partial charge in [0.05, 0.1) is 9.77 Å². The maximum absolute atomic E-state index is 10.8. The SMILES string of the molecule is N#Cc1c(S)sc2cccc(C=O)c12. The number of thiophene rings is 1. The molecule has 0 aliphatic heterocycles. The van der Waals surface area contributed by atoms with Crippen LogP contribution in [0.15, 0.2) is 22.4 Å². The number of carbonyl (C=O) groups excluding carboxylic acids is 1. The Bertz CT molecular complexity index is 551. The lowest BCUT2D eigenvalue weighted by atomic mass is 10.1. The van der Waals surface area contributed by atoms with Gasteiger partial charge in [0, 0.05) is 15.6 Å². The van der Waals surface area contributed by atoms with Crippen molar-refractivity contribution in [3.63, 3.8) is 0 Å². The highest BCUT2D eigenvalue weighted by Gasteiger charge is 2.11. The predicted molar refractivity (Wildman–Crippen MR) is 59.2 cm³/mol. The molecule has 0 amide bonds. The highest BCUT2D eigenvalue weighted by atomic mass is 32.2. The lowest BCUT2D eigenvalue weighted by Gasteiger charge is -1.93. The van der Waals surface area contributed by atoms with Crippen molar-refractivity contribution < 1.29 is 4.79 Å². The molecule has 1 aromatic heterocycles. The van der Waals surface area contributed by atoms with E-state index in [0.29, 0.717) is 15.3 Å². The molecule has 0 aliphatic rings. The minimum Gasteiger partial charge on any atom is -0.298 e. The minimum atomic E-state index is 0.496. The molecule has 0 N–H and O–H groups in total. The first-order valence-electron chi connectivity index (χ1n) is 3.87. The van der Waals surface area contributed by atoms with Crippen molar-refractivity contribution in [1.29, 1.82) is 5.26 Å². The van der Waals surface area contributed by atoms with E-state index >= 15 is 0 Å². The Morgan fingerprint density at radius 2 is 2.29 bits per heavy atom. The first-order valence-corrected chi connectivity index (χ1v) is 5.14. The zero-order valence-electron chi connectivity index (χ0n) is 7.02. The standard InChI is InChI=1S/C10H5NOS2/c11-4-7-9-6(5-12)2-1-3-8(9)14-10(7)13/h1-3,5,13H. The van der Waals surface area contributed by atoms with Gasteiger partial charge >= 0.3 is 0 Å². The zero-order valence-corrected chi connectivity index (χ0v) is 8.73. The average Bonchev–Trinajstić information content (AvgIpc) is 2.52. The normalized spacial score (nSPS) is 10.0. The number of carbonyl (C=O) groups is 1. The van der Waals surface area contributed by atoms with E-state index in [9.17, 15) is 4.79 Å². The fourth-order valence-corrected chi connectivity index (χ4v) is 2.75. The molecule has 14 heavy (non-hydrogen) atoms. The van der Waals surface area contributed by atoms with E-state index < -0.39 is 0 Å². The third kappa shape index (κ3) is 1.22. The van der Waals surface area contributed by atoms with Gasteiger partial charge in [-0.2, -0.15) is 5.26 Å². The second-order valence-corrected chi connectivity index (χ2v) is 4.53. The summed E-state index contributed by atoms with van der Waals surface area (Å²) >= 11 is 5.62. The Kier molecular flexibility index (Phi) is 2.28. The second kappa shape index (κ2) is 3.45. The molecule has 0 atom stereocenters. The second-order valence-electron chi connectivity index (χ2n) is 2.73. The lowest BCUT2D eigenvalue weighted by Crippen LogP contribution is -1.82. The highest BCUT2D eigenvalue weighted by molar-refractivity contribution is 7.83. The van der Waals surface area contributed by atoms with Crippen LogP contribution in [0.4, 0.5) is 0 Å². The van der Waals surface area contributed by atoms with Gasteiger partial charge in [0.15, 0.2) is 6.29 Å². The Balaban J connectivity index is 2.98. The summed E-state index contributed by atoms with van der Waals surface area (Å²) in [5, 5.41) is 9.64. The molecular formula is C10H5NOS2. The summed E-state index contributed by atoms with van der Waals surface area (Å²) < 4.78 is 1.59. The number of benzene rings is 1. The molecule has 0 aliphatic carbocycles. The Morgan fingerprint density at radius 3 is 2.93 bits per heavy atom. The van der Waals surface area contributed by atoms with E-state index in [1.54, 1.807) is 12.1 Å². The molecule has 68 valence electrons. The monoisotopic (exact) mass is 219 g/mol. The first-order chi connectivity index (χ1) is 6.77. The van der Waals surface area contributed by atoms with E-state index in [4.69, 9.17) is 5.26 Å². The van der Waals surface area contributed by atoms with Gasteiger partial charge in [-0.3, -0.25) is 4.79 Å². The van der Waals surface area contributed by atoms with E-state index in [1.165, 1.54) is 11.3 Å². The van der Waals surface area contributed by atoms with Crippen LogP contribution in [0.3, 0.4) is 0 Å². The number of nitriles is 1. The fraction of sp³-hybridized carbons (Fsp3) is 0. The minimum absolute atomic E-state index is 0.496. The third-order valence-electron chi connectivity index (χ3n) is 1.97. The van der Waals surface area contributed by atoms with Gasteiger partial charge in [0.25, 0.3) is 0 Å². The van der Waals surface area contributed by atoms with Crippen molar-refractivity contribution in [1.82, 2.24) is 0 Å². The molecule has 2 rings (SSSR count). The Morgan fingerprint density at radius 1 is 1.50 bits per heavy atom. The number of rotatable bonds is 1. The van der Waals surface area contributed by atoms with Gasteiger partial charge in [-0.05, 0) is 6.07 Å². The summed E-state index contributed by atoms with van der Waals surface area (Å²) in [5.74, 6) is 0. The number of fused-ring (bicyclic) bond motifs is 1. The van der Waals surface area contributed by atoms with Crippen LogP contribution in [-0.4, -0.2) is 6.29 Å². The number of nitrogens with zero attached hydrogens (tertiary/aromatic N) is 1. The molecule has 1 aromatic carbocycles.